The van der Waals surface area contributed by atoms with Gasteiger partial charge in [0.05, 0.1) is 17.3 Å². The molecule has 6 nitrogen and oxygen atoms in total. The number of carboxylic acids is 2. The largest absolute Gasteiger partial charge is 0.481 e. The molecule has 0 aromatic heterocycles. The zero-order valence-electron chi connectivity index (χ0n) is 27.5. The number of carboxylic acid groups (broad SMARTS) is 2. The second kappa shape index (κ2) is 9.83. The molecule has 0 spiro atoms. The molecule has 5 rings (SSSR count). The lowest BCUT2D eigenvalue weighted by Crippen LogP contribution is -2.67. The number of carbonyl (C=O) groups is 3. The molecule has 0 aliphatic heterocycles. The molecule has 0 aromatic rings. The van der Waals surface area contributed by atoms with E-state index in [1.165, 1.54) is 0 Å². The van der Waals surface area contributed by atoms with Crippen LogP contribution in [0.5, 0.6) is 0 Å². The van der Waals surface area contributed by atoms with Crippen molar-refractivity contribution in [3.8, 4) is 0 Å². The van der Waals surface area contributed by atoms with Gasteiger partial charge in [-0.3, -0.25) is 14.4 Å². The van der Waals surface area contributed by atoms with E-state index in [-0.39, 0.29) is 40.1 Å². The number of rotatable bonds is 6. The van der Waals surface area contributed by atoms with Crippen LogP contribution >= 0.6 is 0 Å². The van der Waals surface area contributed by atoms with Crippen molar-refractivity contribution in [3.63, 3.8) is 0 Å². The predicted octanol–water partition coefficient (Wildman–Crippen LogP) is 8.14. The van der Waals surface area contributed by atoms with E-state index in [0.717, 1.165) is 69.8 Å². The number of hydrogen-bond donors (Lipinski definition) is 2. The zero-order chi connectivity index (χ0) is 31.3. The second-order valence-electron chi connectivity index (χ2n) is 17.4. The highest BCUT2D eigenvalue weighted by Gasteiger charge is 2.72. The molecule has 0 bridgehead atoms. The molecule has 0 amide bonds. The summed E-state index contributed by atoms with van der Waals surface area (Å²) in [5, 5.41) is 20.1. The lowest BCUT2D eigenvalue weighted by molar-refractivity contribution is -0.250. The average Bonchev–Trinajstić information content (AvgIpc) is 3.27. The summed E-state index contributed by atoms with van der Waals surface area (Å²) in [5.74, 6) is -0.165. The maximum absolute atomic E-state index is 12.9. The summed E-state index contributed by atoms with van der Waals surface area (Å²) in [7, 11) is 0. The van der Waals surface area contributed by atoms with Crippen molar-refractivity contribution in [1.29, 1.82) is 0 Å². The van der Waals surface area contributed by atoms with Crippen LogP contribution in [0.25, 0.3) is 0 Å². The maximum Gasteiger partial charge on any atom is 0.309 e. The molecular weight excluding hydrogens is 528 g/mol. The van der Waals surface area contributed by atoms with Crippen molar-refractivity contribution < 1.29 is 29.3 Å². The number of hydrogen-bond acceptors (Lipinski definition) is 4. The van der Waals surface area contributed by atoms with Crippen LogP contribution in [-0.4, -0.2) is 34.2 Å². The maximum atomic E-state index is 12.9. The smallest absolute Gasteiger partial charge is 0.309 e. The minimum Gasteiger partial charge on any atom is -0.481 e. The highest BCUT2D eigenvalue weighted by atomic mass is 16.5. The highest BCUT2D eigenvalue weighted by Crippen LogP contribution is 2.77. The van der Waals surface area contributed by atoms with Crippen LogP contribution in [0.3, 0.4) is 0 Å². The summed E-state index contributed by atoms with van der Waals surface area (Å²) in [6.45, 7) is 21.7. The Balaban J connectivity index is 1.42. The molecule has 5 saturated carbocycles. The summed E-state index contributed by atoms with van der Waals surface area (Å²) in [5.41, 5.74) is -0.477. The van der Waals surface area contributed by atoms with Crippen molar-refractivity contribution in [2.24, 2.45) is 62.1 Å². The summed E-state index contributed by atoms with van der Waals surface area (Å²) in [4.78, 5) is 37.5. The van der Waals surface area contributed by atoms with Crippen molar-refractivity contribution >= 4 is 17.9 Å². The van der Waals surface area contributed by atoms with Crippen molar-refractivity contribution in [1.82, 2.24) is 0 Å². The first-order valence-corrected chi connectivity index (χ1v) is 16.6. The third-order valence-corrected chi connectivity index (χ3v) is 14.9. The molecule has 6 heteroatoms. The molecule has 0 heterocycles. The Morgan fingerprint density at radius 2 is 1.50 bits per heavy atom. The van der Waals surface area contributed by atoms with Crippen LogP contribution in [0.1, 0.15) is 126 Å². The predicted molar refractivity (Wildman–Crippen MR) is 163 cm³/mol. The fourth-order valence-corrected chi connectivity index (χ4v) is 12.3. The van der Waals surface area contributed by atoms with Gasteiger partial charge in [-0.15, -0.1) is 0 Å². The molecule has 2 N–H and O–H groups in total. The van der Waals surface area contributed by atoms with Crippen molar-refractivity contribution in [2.45, 2.75) is 132 Å². The lowest BCUT2D eigenvalue weighted by atomic mass is 9.32. The lowest BCUT2D eigenvalue weighted by Gasteiger charge is -2.72. The Morgan fingerprint density at radius 1 is 0.833 bits per heavy atom. The molecular formula is C36H56O6. The van der Waals surface area contributed by atoms with E-state index in [1.54, 1.807) is 13.8 Å². The van der Waals surface area contributed by atoms with Crippen LogP contribution in [0.15, 0.2) is 12.2 Å². The first-order chi connectivity index (χ1) is 19.3. The molecule has 5 fully saturated rings. The summed E-state index contributed by atoms with van der Waals surface area (Å²) >= 11 is 0. The van der Waals surface area contributed by atoms with E-state index in [9.17, 15) is 24.6 Å². The second-order valence-corrected chi connectivity index (χ2v) is 17.4. The average molecular weight is 585 g/mol. The van der Waals surface area contributed by atoms with E-state index in [2.05, 4.69) is 48.1 Å². The molecule has 0 radical (unpaired) electrons. The topological polar surface area (TPSA) is 101 Å². The van der Waals surface area contributed by atoms with Crippen LogP contribution in [0, 0.1) is 62.1 Å². The number of allylic oxidation sites excluding steroid dienone is 1. The van der Waals surface area contributed by atoms with E-state index in [1.807, 2.05) is 0 Å². The Hall–Kier alpha value is -1.85. The van der Waals surface area contributed by atoms with E-state index < -0.39 is 28.7 Å². The van der Waals surface area contributed by atoms with Crippen LogP contribution in [0.2, 0.25) is 0 Å². The Kier molecular flexibility index (Phi) is 7.39. The van der Waals surface area contributed by atoms with E-state index >= 15 is 0 Å². The molecule has 0 aromatic carbocycles. The van der Waals surface area contributed by atoms with Gasteiger partial charge in [0.1, 0.15) is 6.10 Å². The first-order valence-electron chi connectivity index (χ1n) is 16.6. The fraction of sp³-hybridized carbons (Fsp3) is 0.861. The van der Waals surface area contributed by atoms with Gasteiger partial charge in [0, 0.05) is 5.41 Å². The quantitative estimate of drug-likeness (QED) is 0.241. The van der Waals surface area contributed by atoms with Crippen molar-refractivity contribution in [3.05, 3.63) is 12.2 Å². The Morgan fingerprint density at radius 3 is 2.10 bits per heavy atom. The van der Waals surface area contributed by atoms with Crippen LogP contribution < -0.4 is 0 Å². The van der Waals surface area contributed by atoms with Gasteiger partial charge in [-0.25, -0.2) is 0 Å². The molecule has 42 heavy (non-hydrogen) atoms. The molecule has 5 aliphatic rings. The molecule has 10 atom stereocenters. The van der Waals surface area contributed by atoms with Gasteiger partial charge in [-0.1, -0.05) is 46.8 Å². The molecule has 236 valence electrons. The van der Waals surface area contributed by atoms with Crippen molar-refractivity contribution in [2.75, 3.05) is 0 Å². The highest BCUT2D eigenvalue weighted by molar-refractivity contribution is 5.81. The monoisotopic (exact) mass is 584 g/mol. The summed E-state index contributed by atoms with van der Waals surface area (Å²) in [6, 6.07) is 0. The van der Waals surface area contributed by atoms with Gasteiger partial charge < -0.3 is 14.9 Å². The minimum absolute atomic E-state index is 0.0847. The first kappa shape index (κ1) is 31.6. The Bertz CT molecular complexity index is 1170. The number of esters is 1. The van der Waals surface area contributed by atoms with Gasteiger partial charge >= 0.3 is 17.9 Å². The van der Waals surface area contributed by atoms with E-state index in [4.69, 9.17) is 4.74 Å². The molecule has 5 aliphatic carbocycles. The molecule has 0 saturated heterocycles. The fourth-order valence-electron chi connectivity index (χ4n) is 12.3. The summed E-state index contributed by atoms with van der Waals surface area (Å²) in [6.07, 6.45) is 9.38. The SMILES string of the molecule is C=C(C)[C@@H]1CC[C@@]2(C(=O)O)CC[C@@]3(C)[C@H](CC[C@@H]4[C@@]5(C)CCC(OC(=O)CC(C)(C)C(=O)O)C(C)(C)[C@@H]5CC[C@]43C)[C@@H]12. The number of aliphatic carboxylic acids is 2. The third-order valence-electron chi connectivity index (χ3n) is 14.9. The zero-order valence-corrected chi connectivity index (χ0v) is 27.5. The van der Waals surface area contributed by atoms with Crippen LogP contribution in [0.4, 0.5) is 0 Å². The number of fused-ring (bicyclic) bond motifs is 7. The van der Waals surface area contributed by atoms with Gasteiger partial charge in [0.25, 0.3) is 0 Å². The number of ether oxygens (including phenoxy) is 1. The van der Waals surface area contributed by atoms with Gasteiger partial charge in [0.2, 0.25) is 0 Å². The molecule has 1 unspecified atom stereocenters. The van der Waals surface area contributed by atoms with Gasteiger partial charge in [0.15, 0.2) is 0 Å². The third kappa shape index (κ3) is 4.19. The van der Waals surface area contributed by atoms with E-state index in [0.29, 0.717) is 23.7 Å². The Labute approximate surface area is 253 Å². The standard InChI is InChI=1S/C36H56O6/c1-21(2)22-12-17-36(30(40)41)19-18-34(8)23(28(22)36)10-11-25-33(7)15-14-26(42-27(37)20-31(3,4)29(38)39)32(5,6)24(33)13-16-35(25,34)9/h22-26,28H,1,10-20H2,2-9H3,(H,38,39)(H,40,41)/t22-,23+,24-,25+,26?,28+,33-,34-,35+,36+/m0/s1. The summed E-state index contributed by atoms with van der Waals surface area (Å²) < 4.78 is 6.10. The minimum atomic E-state index is -1.15. The number of carbonyl (C=O) groups excluding carboxylic acids is 1. The van der Waals surface area contributed by atoms with Gasteiger partial charge in [-0.05, 0) is 131 Å². The normalized spacial score (nSPS) is 45.9. The van der Waals surface area contributed by atoms with Gasteiger partial charge in [-0.2, -0.15) is 0 Å². The van der Waals surface area contributed by atoms with Crippen LogP contribution in [-0.2, 0) is 19.1 Å².